The van der Waals surface area contributed by atoms with Crippen molar-refractivity contribution in [1.82, 2.24) is 15.3 Å². The Morgan fingerprint density at radius 2 is 1.90 bits per heavy atom. The van der Waals surface area contributed by atoms with E-state index in [1.54, 1.807) is 0 Å². The Morgan fingerprint density at radius 1 is 1.30 bits per heavy atom. The van der Waals surface area contributed by atoms with Crippen LogP contribution in [0.2, 0.25) is 0 Å². The first-order chi connectivity index (χ1) is 9.24. The van der Waals surface area contributed by atoms with Crippen LogP contribution in [0.3, 0.4) is 0 Å². The Balaban J connectivity index is 2.80. The van der Waals surface area contributed by atoms with Crippen molar-refractivity contribution in [3.63, 3.8) is 0 Å². The molecule has 0 atom stereocenters. The van der Waals surface area contributed by atoms with Crippen molar-refractivity contribution >= 4 is 17.5 Å². The van der Waals surface area contributed by atoms with Gasteiger partial charge in [0.1, 0.15) is 18.0 Å². The lowest BCUT2D eigenvalue weighted by Gasteiger charge is -2.21. The Bertz CT molecular complexity index is 466. The summed E-state index contributed by atoms with van der Waals surface area (Å²) in [6.07, 6.45) is 1.41. The molecule has 5 N–H and O–H groups in total. The minimum atomic E-state index is -0.255. The number of rotatable bonds is 5. The smallest absolute Gasteiger partial charge is 0.239 e. The van der Waals surface area contributed by atoms with Crippen LogP contribution in [0.5, 0.6) is 0 Å². The van der Waals surface area contributed by atoms with E-state index in [-0.39, 0.29) is 23.9 Å². The van der Waals surface area contributed by atoms with Crippen LogP contribution in [0.1, 0.15) is 46.1 Å². The second kappa shape index (κ2) is 6.51. The molecule has 0 radical (unpaired) electrons. The number of nitrogens with two attached hydrogens (primary N) is 1. The number of nitrogens with one attached hydrogen (secondary N) is 3. The van der Waals surface area contributed by atoms with Gasteiger partial charge in [-0.25, -0.2) is 15.8 Å². The Hall–Kier alpha value is -1.89. The standard InChI is InChI=1S/C13H24N6O/c1-8(2)10-11(16-7-17-12(10)19-14)15-6-9(20)18-13(3,4)5/h7-8H,6,14H2,1-5H3,(H,18,20)(H2,15,16,17,19). The van der Waals surface area contributed by atoms with E-state index >= 15 is 0 Å². The highest BCUT2D eigenvalue weighted by molar-refractivity contribution is 5.81. The third kappa shape index (κ3) is 4.65. The Kier molecular flexibility index (Phi) is 5.26. The molecule has 20 heavy (non-hydrogen) atoms. The Morgan fingerprint density at radius 3 is 2.40 bits per heavy atom. The van der Waals surface area contributed by atoms with Crippen LogP contribution >= 0.6 is 0 Å². The fourth-order valence-corrected chi connectivity index (χ4v) is 1.82. The van der Waals surface area contributed by atoms with Crippen LogP contribution in [0.15, 0.2) is 6.33 Å². The number of amides is 1. The van der Waals surface area contributed by atoms with Crippen molar-refractivity contribution in [3.8, 4) is 0 Å². The van der Waals surface area contributed by atoms with Crippen molar-refractivity contribution in [2.45, 2.75) is 46.1 Å². The van der Waals surface area contributed by atoms with Crippen LogP contribution < -0.4 is 21.9 Å². The first-order valence-electron chi connectivity index (χ1n) is 6.61. The van der Waals surface area contributed by atoms with E-state index < -0.39 is 0 Å². The fourth-order valence-electron chi connectivity index (χ4n) is 1.82. The number of hydrazine groups is 1. The summed E-state index contributed by atoms with van der Waals surface area (Å²) in [5.41, 5.74) is 3.16. The van der Waals surface area contributed by atoms with Gasteiger partial charge in [0.15, 0.2) is 0 Å². The van der Waals surface area contributed by atoms with Crippen molar-refractivity contribution in [1.29, 1.82) is 0 Å². The van der Waals surface area contributed by atoms with Gasteiger partial charge in [0.05, 0.1) is 6.54 Å². The maximum Gasteiger partial charge on any atom is 0.239 e. The molecule has 0 aliphatic carbocycles. The normalized spacial score (nSPS) is 11.3. The van der Waals surface area contributed by atoms with Crippen molar-refractivity contribution in [3.05, 3.63) is 11.9 Å². The first kappa shape index (κ1) is 16.2. The lowest BCUT2D eigenvalue weighted by molar-refractivity contribution is -0.120. The van der Waals surface area contributed by atoms with Crippen LogP contribution in [0, 0.1) is 0 Å². The lowest BCUT2D eigenvalue weighted by Crippen LogP contribution is -2.43. The molecule has 0 saturated heterocycles. The van der Waals surface area contributed by atoms with Gasteiger partial charge in [-0.1, -0.05) is 13.8 Å². The van der Waals surface area contributed by atoms with Crippen LogP contribution in [-0.4, -0.2) is 28.0 Å². The minimum absolute atomic E-state index is 0.0897. The predicted molar refractivity (Wildman–Crippen MR) is 80.3 cm³/mol. The molecule has 0 aliphatic rings. The van der Waals surface area contributed by atoms with Gasteiger partial charge in [0, 0.05) is 11.1 Å². The van der Waals surface area contributed by atoms with Crippen molar-refractivity contribution in [2.75, 3.05) is 17.3 Å². The molecule has 0 fully saturated rings. The van der Waals surface area contributed by atoms with Gasteiger partial charge in [-0.15, -0.1) is 0 Å². The molecule has 1 rings (SSSR count). The number of anilines is 2. The van der Waals surface area contributed by atoms with Crippen LogP contribution in [-0.2, 0) is 4.79 Å². The van der Waals surface area contributed by atoms with Crippen molar-refractivity contribution in [2.24, 2.45) is 5.84 Å². The molecule has 112 valence electrons. The molecule has 0 aromatic carbocycles. The summed E-state index contributed by atoms with van der Waals surface area (Å²) in [5, 5.41) is 5.91. The topological polar surface area (TPSA) is 105 Å². The summed E-state index contributed by atoms with van der Waals surface area (Å²) < 4.78 is 0. The molecule has 0 spiro atoms. The number of hydrogen-bond donors (Lipinski definition) is 4. The van der Waals surface area contributed by atoms with E-state index in [9.17, 15) is 4.79 Å². The van der Waals surface area contributed by atoms with E-state index in [0.29, 0.717) is 11.6 Å². The highest BCUT2D eigenvalue weighted by Gasteiger charge is 2.17. The van der Waals surface area contributed by atoms with Gasteiger partial charge < -0.3 is 16.1 Å². The van der Waals surface area contributed by atoms with Gasteiger partial charge in [0.25, 0.3) is 0 Å². The average molecular weight is 280 g/mol. The van der Waals surface area contributed by atoms with Gasteiger partial charge >= 0.3 is 0 Å². The molecular weight excluding hydrogens is 256 g/mol. The molecule has 0 saturated carbocycles. The molecule has 7 nitrogen and oxygen atoms in total. The van der Waals surface area contributed by atoms with Crippen LogP contribution in [0.4, 0.5) is 11.6 Å². The SMILES string of the molecule is CC(C)c1c(NN)ncnc1NCC(=O)NC(C)(C)C. The highest BCUT2D eigenvalue weighted by atomic mass is 16.2. The molecule has 7 heteroatoms. The fraction of sp³-hybridized carbons (Fsp3) is 0.615. The summed E-state index contributed by atoms with van der Waals surface area (Å²) >= 11 is 0. The highest BCUT2D eigenvalue weighted by Crippen LogP contribution is 2.27. The quantitative estimate of drug-likeness (QED) is 0.477. The number of carbonyl (C=O) groups excluding carboxylic acids is 1. The minimum Gasteiger partial charge on any atom is -0.361 e. The van der Waals surface area contributed by atoms with E-state index in [1.807, 2.05) is 34.6 Å². The largest absolute Gasteiger partial charge is 0.361 e. The zero-order valence-electron chi connectivity index (χ0n) is 12.7. The number of nitrogens with zero attached hydrogens (tertiary/aromatic N) is 2. The van der Waals surface area contributed by atoms with E-state index in [0.717, 1.165) is 5.56 Å². The molecule has 0 unspecified atom stereocenters. The first-order valence-corrected chi connectivity index (χ1v) is 6.61. The van der Waals surface area contributed by atoms with Crippen molar-refractivity contribution < 1.29 is 4.79 Å². The zero-order chi connectivity index (χ0) is 15.3. The summed E-state index contributed by atoms with van der Waals surface area (Å²) in [6.45, 7) is 9.99. The number of nitrogen functional groups attached to an aromatic ring is 1. The van der Waals surface area contributed by atoms with Crippen LogP contribution in [0.25, 0.3) is 0 Å². The van der Waals surface area contributed by atoms with Gasteiger partial charge in [-0.3, -0.25) is 4.79 Å². The van der Waals surface area contributed by atoms with E-state index in [4.69, 9.17) is 5.84 Å². The number of carbonyl (C=O) groups is 1. The van der Waals surface area contributed by atoms with E-state index in [2.05, 4.69) is 26.0 Å². The monoisotopic (exact) mass is 280 g/mol. The second-order valence-electron chi connectivity index (χ2n) is 5.94. The molecule has 1 heterocycles. The average Bonchev–Trinajstić information content (AvgIpc) is 2.33. The molecular formula is C13H24N6O. The molecule has 0 bridgehead atoms. The summed E-state index contributed by atoms with van der Waals surface area (Å²) in [7, 11) is 0. The van der Waals surface area contributed by atoms with Gasteiger partial charge in [-0.2, -0.15) is 0 Å². The van der Waals surface area contributed by atoms with Gasteiger partial charge in [-0.05, 0) is 26.7 Å². The summed E-state index contributed by atoms with van der Waals surface area (Å²) in [4.78, 5) is 20.1. The second-order valence-corrected chi connectivity index (χ2v) is 5.94. The number of hydrogen-bond acceptors (Lipinski definition) is 6. The molecule has 1 amide bonds. The third-order valence-electron chi connectivity index (χ3n) is 2.53. The lowest BCUT2D eigenvalue weighted by atomic mass is 10.0. The third-order valence-corrected chi connectivity index (χ3v) is 2.53. The summed E-state index contributed by atoms with van der Waals surface area (Å²) in [6, 6.07) is 0. The summed E-state index contributed by atoms with van der Waals surface area (Å²) in [5.74, 6) is 6.72. The maximum atomic E-state index is 11.8. The Labute approximate surface area is 119 Å². The molecule has 0 aliphatic heterocycles. The molecule has 1 aromatic rings. The maximum absolute atomic E-state index is 11.8. The number of aromatic nitrogens is 2. The van der Waals surface area contributed by atoms with E-state index in [1.165, 1.54) is 6.33 Å². The predicted octanol–water partition coefficient (Wildman–Crippen LogP) is 1.21. The molecule has 1 aromatic heterocycles. The van der Waals surface area contributed by atoms with Gasteiger partial charge in [0.2, 0.25) is 5.91 Å². The zero-order valence-corrected chi connectivity index (χ0v) is 12.7.